The number of thioether (sulfide) groups is 1. The van der Waals surface area contributed by atoms with Crippen LogP contribution in [-0.2, 0) is 22.4 Å². The first kappa shape index (κ1) is 25.3. The van der Waals surface area contributed by atoms with Crippen LogP contribution in [0.15, 0.2) is 54.6 Å². The summed E-state index contributed by atoms with van der Waals surface area (Å²) in [6.45, 7) is 1.06. The maximum absolute atomic E-state index is 12.0. The quantitative estimate of drug-likeness (QED) is 0.554. The average Bonchev–Trinajstić information content (AvgIpc) is 3.06. The van der Waals surface area contributed by atoms with Crippen molar-refractivity contribution in [2.75, 3.05) is 26.8 Å². The molecular weight excluding hydrogens is 427 g/mol. The molecule has 1 atom stereocenters. The molecule has 2 aromatic rings. The first-order valence-electron chi connectivity index (χ1n) is 9.66. The van der Waals surface area contributed by atoms with Crippen LogP contribution in [-0.4, -0.2) is 54.2 Å². The van der Waals surface area contributed by atoms with E-state index in [0.29, 0.717) is 38.3 Å². The number of nitrogens with one attached hydrogen (secondary N) is 1. The molecule has 0 aromatic heterocycles. The van der Waals surface area contributed by atoms with Gasteiger partial charge in [-0.05, 0) is 29.7 Å². The van der Waals surface area contributed by atoms with Gasteiger partial charge in [0.1, 0.15) is 12.4 Å². The normalized spacial score (nSPS) is 15.1. The van der Waals surface area contributed by atoms with Crippen LogP contribution in [0.2, 0.25) is 0 Å². The summed E-state index contributed by atoms with van der Waals surface area (Å²) < 4.78 is 11.0. The zero-order chi connectivity index (χ0) is 21.3. The number of rotatable bonds is 9. The topological polar surface area (TPSA) is 84.9 Å². The number of nitrogens with zero attached hydrogens (tertiary/aromatic N) is 1. The van der Waals surface area contributed by atoms with Crippen LogP contribution >= 0.6 is 11.8 Å². The minimum Gasteiger partial charge on any atom is -1.00 e. The van der Waals surface area contributed by atoms with E-state index in [1.54, 1.807) is 7.05 Å². The minimum absolute atomic E-state index is 0. The van der Waals surface area contributed by atoms with Crippen molar-refractivity contribution in [3.05, 3.63) is 65.7 Å². The zero-order valence-corrected chi connectivity index (χ0v) is 20.5. The van der Waals surface area contributed by atoms with Gasteiger partial charge in [0.2, 0.25) is 5.91 Å². The van der Waals surface area contributed by atoms with E-state index in [2.05, 4.69) is 5.32 Å². The van der Waals surface area contributed by atoms with E-state index in [1.165, 1.54) is 4.90 Å². The third-order valence-corrected chi connectivity index (χ3v) is 5.56. The van der Waals surface area contributed by atoms with Crippen LogP contribution in [0.25, 0.3) is 0 Å². The monoisotopic (exact) mass is 452 g/mol. The van der Waals surface area contributed by atoms with Crippen molar-refractivity contribution in [2.45, 2.75) is 18.1 Å². The molecule has 2 aromatic carbocycles. The molecule has 1 fully saturated rings. The van der Waals surface area contributed by atoms with Crippen molar-refractivity contribution in [3.8, 4) is 5.75 Å². The van der Waals surface area contributed by atoms with E-state index < -0.39 is 0 Å². The van der Waals surface area contributed by atoms with Crippen molar-refractivity contribution < 1.29 is 54.8 Å². The second kappa shape index (κ2) is 12.8. The molecule has 0 spiro atoms. The number of hydrogen-bond acceptors (Lipinski definition) is 6. The first-order valence-corrected chi connectivity index (χ1v) is 10.5. The maximum atomic E-state index is 12.0. The van der Waals surface area contributed by atoms with E-state index in [4.69, 9.17) is 9.47 Å². The van der Waals surface area contributed by atoms with E-state index in [-0.39, 0.29) is 53.5 Å². The molecule has 3 amide bonds. The molecule has 1 saturated heterocycles. The van der Waals surface area contributed by atoms with Gasteiger partial charge in [-0.25, -0.2) is 4.79 Å². The van der Waals surface area contributed by atoms with E-state index in [1.807, 2.05) is 54.6 Å². The Kier molecular flexibility index (Phi) is 10.4. The smallest absolute Gasteiger partial charge is 1.00 e. The van der Waals surface area contributed by atoms with Crippen molar-refractivity contribution >= 4 is 29.0 Å². The third kappa shape index (κ3) is 8.22. The third-order valence-electron chi connectivity index (χ3n) is 4.58. The number of benzene rings is 2. The van der Waals surface area contributed by atoms with E-state index >= 15 is 0 Å². The molecule has 1 unspecified atom stereocenters. The first-order chi connectivity index (χ1) is 14.5. The van der Waals surface area contributed by atoms with Gasteiger partial charge in [0.25, 0.3) is 5.24 Å². The van der Waals surface area contributed by atoms with Gasteiger partial charge in [-0.3, -0.25) is 14.9 Å². The van der Waals surface area contributed by atoms with E-state index in [9.17, 15) is 14.4 Å². The predicted octanol–water partition coefficient (Wildman–Crippen LogP) is 0.387. The summed E-state index contributed by atoms with van der Waals surface area (Å²) in [5, 5.41) is 1.60. The number of carbonyl (C=O) groups is 3. The van der Waals surface area contributed by atoms with Crippen molar-refractivity contribution in [1.82, 2.24) is 10.2 Å². The Balaban J connectivity index is 0.00000256. The molecule has 7 nitrogen and oxygen atoms in total. The summed E-state index contributed by atoms with van der Waals surface area (Å²) in [5.74, 6) is 0.424. The summed E-state index contributed by atoms with van der Waals surface area (Å²) in [6, 6.07) is 17.2. The summed E-state index contributed by atoms with van der Waals surface area (Å²) >= 11 is 1.02. The van der Waals surface area contributed by atoms with Gasteiger partial charge in [-0.2, -0.15) is 0 Å². The molecule has 1 aliphatic rings. The van der Waals surface area contributed by atoms with Gasteiger partial charge in [-0.15, -0.1) is 0 Å². The van der Waals surface area contributed by atoms with Gasteiger partial charge in [-0.1, -0.05) is 54.2 Å². The fraction of sp³-hybridized carbons (Fsp3) is 0.318. The van der Waals surface area contributed by atoms with Crippen LogP contribution in [0.1, 0.15) is 12.6 Å². The van der Waals surface area contributed by atoms with Gasteiger partial charge < -0.3 is 15.8 Å². The molecular formula is C22H25N2NaO5S. The predicted molar refractivity (Wildman–Crippen MR) is 116 cm³/mol. The molecule has 1 aliphatic heterocycles. The summed E-state index contributed by atoms with van der Waals surface area (Å²) in [7, 11) is 1.67. The fourth-order valence-corrected chi connectivity index (χ4v) is 3.73. The standard InChI is InChI=1S/C22H24N2O5S.Na.H/c1-24(22(27)29-13-11-16-5-3-2-4-6-16)12-14-28-18-9-7-17(8-10-18)15-19-20(25)23-21(26)30-19;;/h2-10,19H,11-15H2,1H3,(H,23,25,26);;/q;+1;-1. The molecule has 160 valence electrons. The van der Waals surface area contributed by atoms with E-state index in [0.717, 1.165) is 22.9 Å². The van der Waals surface area contributed by atoms with Crippen LogP contribution in [0.5, 0.6) is 5.75 Å². The fourth-order valence-electron chi connectivity index (χ4n) is 2.87. The van der Waals surface area contributed by atoms with Crippen LogP contribution in [0.3, 0.4) is 0 Å². The molecule has 9 heteroatoms. The molecule has 31 heavy (non-hydrogen) atoms. The molecule has 1 N–H and O–H groups in total. The Bertz CT molecular complexity index is 886. The number of hydrogen-bond donors (Lipinski definition) is 1. The van der Waals surface area contributed by atoms with Gasteiger partial charge in [0, 0.05) is 13.5 Å². The molecule has 3 rings (SSSR count). The Morgan fingerprint density at radius 1 is 1.06 bits per heavy atom. The second-order valence-electron chi connectivity index (χ2n) is 6.85. The Labute approximate surface area is 209 Å². The molecule has 0 saturated carbocycles. The zero-order valence-electron chi connectivity index (χ0n) is 18.7. The second-order valence-corrected chi connectivity index (χ2v) is 8.03. The Hall–Kier alpha value is -2.00. The Morgan fingerprint density at radius 2 is 1.77 bits per heavy atom. The number of imide groups is 1. The molecule has 0 aliphatic carbocycles. The van der Waals surface area contributed by atoms with Crippen LogP contribution < -0.4 is 39.6 Å². The van der Waals surface area contributed by atoms with Crippen LogP contribution in [0.4, 0.5) is 9.59 Å². The molecule has 0 bridgehead atoms. The number of ether oxygens (including phenoxy) is 2. The SMILES string of the molecule is CN(CCOc1ccc(CC2SC(=O)NC2=O)cc1)C(=O)OCCc1ccccc1.[H-].[Na+]. The molecule has 1 heterocycles. The summed E-state index contributed by atoms with van der Waals surface area (Å²) in [5.41, 5.74) is 2.07. The molecule has 0 radical (unpaired) electrons. The van der Waals surface area contributed by atoms with Crippen molar-refractivity contribution in [1.29, 1.82) is 0 Å². The van der Waals surface area contributed by atoms with Crippen LogP contribution in [0, 0.1) is 0 Å². The van der Waals surface area contributed by atoms with Gasteiger partial charge in [0.05, 0.1) is 18.4 Å². The Morgan fingerprint density at radius 3 is 2.42 bits per heavy atom. The summed E-state index contributed by atoms with van der Waals surface area (Å²) in [4.78, 5) is 36.4. The maximum Gasteiger partial charge on any atom is 1.00 e. The van der Waals surface area contributed by atoms with Crippen molar-refractivity contribution in [2.24, 2.45) is 0 Å². The van der Waals surface area contributed by atoms with Crippen molar-refractivity contribution in [3.63, 3.8) is 0 Å². The number of amides is 3. The summed E-state index contributed by atoms with van der Waals surface area (Å²) in [6.07, 6.45) is 0.783. The van der Waals surface area contributed by atoms with Gasteiger partial charge >= 0.3 is 35.7 Å². The number of likely N-dealkylation sites (N-methyl/N-ethyl adjacent to an activating group) is 1. The minimum atomic E-state index is -0.383. The van der Waals surface area contributed by atoms with Gasteiger partial charge in [0.15, 0.2) is 0 Å². The average molecular weight is 453 g/mol. The largest absolute Gasteiger partial charge is 1.00 e. The number of carbonyl (C=O) groups excluding carboxylic acids is 3.